The molecule has 0 radical (unpaired) electrons. The van der Waals surface area contributed by atoms with Crippen molar-refractivity contribution in [2.45, 2.75) is 13.3 Å². The van der Waals surface area contributed by atoms with Crippen LogP contribution in [0.15, 0.2) is 30.6 Å². The van der Waals surface area contributed by atoms with E-state index in [-0.39, 0.29) is 0 Å². The third-order valence-corrected chi connectivity index (χ3v) is 2.72. The molecule has 94 valence electrons. The number of hydrogen-bond donors (Lipinski definition) is 1. The molecule has 1 heterocycles. The molecule has 0 fully saturated rings. The summed E-state index contributed by atoms with van der Waals surface area (Å²) in [5, 5.41) is 0. The van der Waals surface area contributed by atoms with E-state index in [0.717, 1.165) is 17.9 Å². The fraction of sp³-hybridized carbons (Fsp3) is 0.231. The maximum Gasteiger partial charge on any atom is 0.340 e. The largest absolute Gasteiger partial charge is 0.465 e. The Balaban J connectivity index is 2.60. The molecule has 2 aromatic rings. The molecule has 2 N–H and O–H groups in total. The van der Waals surface area contributed by atoms with Crippen LogP contribution >= 0.6 is 0 Å². The number of ether oxygens (including phenoxy) is 1. The fourth-order valence-corrected chi connectivity index (χ4v) is 1.85. The molecule has 0 unspecified atom stereocenters. The van der Waals surface area contributed by atoms with Crippen LogP contribution in [0.4, 0.5) is 5.69 Å². The SMILES string of the molecule is CCc1nccn1-c1ccc(N)cc1C(=O)OC. The standard InChI is InChI=1S/C13H15N3O2/c1-3-12-15-6-7-16(12)11-5-4-9(14)8-10(11)13(17)18-2/h4-8H,3,14H2,1-2H3. The average molecular weight is 245 g/mol. The zero-order valence-corrected chi connectivity index (χ0v) is 10.4. The van der Waals surface area contributed by atoms with Gasteiger partial charge >= 0.3 is 5.97 Å². The average Bonchev–Trinajstić information content (AvgIpc) is 2.85. The molecular weight excluding hydrogens is 230 g/mol. The monoisotopic (exact) mass is 245 g/mol. The summed E-state index contributed by atoms with van der Waals surface area (Å²) in [5.41, 5.74) is 7.40. The molecule has 1 aromatic carbocycles. The predicted octanol–water partition coefficient (Wildman–Crippen LogP) is 1.80. The number of imidazole rings is 1. The van der Waals surface area contributed by atoms with Gasteiger partial charge in [-0.05, 0) is 18.2 Å². The number of aromatic nitrogens is 2. The Morgan fingerprint density at radius 2 is 2.28 bits per heavy atom. The lowest BCUT2D eigenvalue weighted by Gasteiger charge is -2.11. The first-order valence-electron chi connectivity index (χ1n) is 5.67. The molecule has 1 aromatic heterocycles. The van der Waals surface area contributed by atoms with Gasteiger partial charge in [-0.15, -0.1) is 0 Å². The van der Waals surface area contributed by atoms with Crippen LogP contribution in [0.1, 0.15) is 23.1 Å². The first-order valence-corrected chi connectivity index (χ1v) is 5.67. The van der Waals surface area contributed by atoms with E-state index < -0.39 is 5.97 Å². The van der Waals surface area contributed by atoms with Crippen LogP contribution in [-0.2, 0) is 11.2 Å². The van der Waals surface area contributed by atoms with Crippen LogP contribution in [0.5, 0.6) is 0 Å². The molecule has 0 atom stereocenters. The molecule has 0 spiro atoms. The summed E-state index contributed by atoms with van der Waals surface area (Å²) in [4.78, 5) is 16.0. The van der Waals surface area contributed by atoms with Crippen LogP contribution in [0.3, 0.4) is 0 Å². The second kappa shape index (κ2) is 4.91. The minimum atomic E-state index is -0.409. The number of hydrogen-bond acceptors (Lipinski definition) is 4. The first kappa shape index (κ1) is 12.2. The van der Waals surface area contributed by atoms with Crippen molar-refractivity contribution in [1.82, 2.24) is 9.55 Å². The van der Waals surface area contributed by atoms with Crippen LogP contribution < -0.4 is 5.73 Å². The van der Waals surface area contributed by atoms with Crippen molar-refractivity contribution in [2.24, 2.45) is 0 Å². The Hall–Kier alpha value is -2.30. The number of carbonyl (C=O) groups excluding carboxylic acids is 1. The van der Waals surface area contributed by atoms with Gasteiger partial charge in [-0.1, -0.05) is 6.92 Å². The molecule has 0 amide bonds. The first-order chi connectivity index (χ1) is 8.67. The summed E-state index contributed by atoms with van der Waals surface area (Å²) < 4.78 is 6.64. The number of benzene rings is 1. The number of methoxy groups -OCH3 is 1. The number of nitrogens with two attached hydrogens (primary N) is 1. The lowest BCUT2D eigenvalue weighted by atomic mass is 10.1. The van der Waals surface area contributed by atoms with Gasteiger partial charge in [-0.2, -0.15) is 0 Å². The molecule has 0 aliphatic heterocycles. The van der Waals surface area contributed by atoms with Gasteiger partial charge in [-0.25, -0.2) is 9.78 Å². The second-order valence-corrected chi connectivity index (χ2v) is 3.84. The Bertz CT molecular complexity index is 575. The van der Waals surface area contributed by atoms with E-state index in [1.165, 1.54) is 7.11 Å². The van der Waals surface area contributed by atoms with Crippen LogP contribution in [0.25, 0.3) is 5.69 Å². The van der Waals surface area contributed by atoms with Crippen molar-refractivity contribution < 1.29 is 9.53 Å². The third-order valence-electron chi connectivity index (χ3n) is 2.72. The Kier molecular flexibility index (Phi) is 3.32. The molecule has 0 bridgehead atoms. The lowest BCUT2D eigenvalue weighted by molar-refractivity contribution is 0.0601. The van der Waals surface area contributed by atoms with Crippen LogP contribution in [0.2, 0.25) is 0 Å². The molecule has 0 saturated heterocycles. The minimum absolute atomic E-state index is 0.409. The van der Waals surface area contributed by atoms with E-state index in [2.05, 4.69) is 4.98 Å². The number of nitrogen functional groups attached to an aromatic ring is 1. The lowest BCUT2D eigenvalue weighted by Crippen LogP contribution is -2.10. The highest BCUT2D eigenvalue weighted by atomic mass is 16.5. The molecule has 0 saturated carbocycles. The summed E-state index contributed by atoms with van der Waals surface area (Å²) >= 11 is 0. The van der Waals surface area contributed by atoms with E-state index in [9.17, 15) is 4.79 Å². The van der Waals surface area contributed by atoms with Crippen molar-refractivity contribution in [3.63, 3.8) is 0 Å². The number of nitrogens with zero attached hydrogens (tertiary/aromatic N) is 2. The third kappa shape index (κ3) is 2.07. The summed E-state index contributed by atoms with van der Waals surface area (Å²) in [6.45, 7) is 2.01. The maximum atomic E-state index is 11.8. The Labute approximate surface area is 105 Å². The highest BCUT2D eigenvalue weighted by Crippen LogP contribution is 2.20. The molecular formula is C13H15N3O2. The van der Waals surface area contributed by atoms with Gasteiger partial charge in [0.15, 0.2) is 0 Å². The van der Waals surface area contributed by atoms with Gasteiger partial charge in [0.2, 0.25) is 0 Å². The van der Waals surface area contributed by atoms with Crippen molar-refractivity contribution in [3.8, 4) is 5.69 Å². The van der Waals surface area contributed by atoms with E-state index in [4.69, 9.17) is 10.5 Å². The van der Waals surface area contributed by atoms with Crippen molar-refractivity contribution >= 4 is 11.7 Å². The van der Waals surface area contributed by atoms with E-state index in [0.29, 0.717) is 11.3 Å². The second-order valence-electron chi connectivity index (χ2n) is 3.84. The van der Waals surface area contributed by atoms with Crippen molar-refractivity contribution in [1.29, 1.82) is 0 Å². The normalized spacial score (nSPS) is 10.3. The quantitative estimate of drug-likeness (QED) is 0.661. The highest BCUT2D eigenvalue weighted by Gasteiger charge is 2.15. The zero-order valence-electron chi connectivity index (χ0n) is 10.4. The molecule has 0 aliphatic rings. The number of anilines is 1. The molecule has 0 aliphatic carbocycles. The highest BCUT2D eigenvalue weighted by molar-refractivity contribution is 5.94. The molecule has 5 nitrogen and oxygen atoms in total. The van der Waals surface area contributed by atoms with Crippen molar-refractivity contribution in [3.05, 3.63) is 42.0 Å². The van der Waals surface area contributed by atoms with E-state index in [1.807, 2.05) is 17.7 Å². The number of aryl methyl sites for hydroxylation is 1. The number of rotatable bonds is 3. The summed E-state index contributed by atoms with van der Waals surface area (Å²) in [6, 6.07) is 5.16. The topological polar surface area (TPSA) is 70.1 Å². The Morgan fingerprint density at radius 1 is 1.50 bits per heavy atom. The summed E-state index contributed by atoms with van der Waals surface area (Å²) in [6.07, 6.45) is 4.30. The van der Waals surface area contributed by atoms with E-state index >= 15 is 0 Å². The van der Waals surface area contributed by atoms with E-state index in [1.54, 1.807) is 24.4 Å². The smallest absolute Gasteiger partial charge is 0.340 e. The van der Waals surface area contributed by atoms with Crippen molar-refractivity contribution in [2.75, 3.05) is 12.8 Å². The molecule has 2 rings (SSSR count). The fourth-order valence-electron chi connectivity index (χ4n) is 1.85. The van der Waals surface area contributed by atoms with Crippen LogP contribution in [-0.4, -0.2) is 22.6 Å². The van der Waals surface area contributed by atoms with Gasteiger partial charge in [0, 0.05) is 24.5 Å². The van der Waals surface area contributed by atoms with Gasteiger partial charge < -0.3 is 15.0 Å². The van der Waals surface area contributed by atoms with Gasteiger partial charge in [0.25, 0.3) is 0 Å². The number of carbonyl (C=O) groups is 1. The zero-order chi connectivity index (χ0) is 13.1. The van der Waals surface area contributed by atoms with Gasteiger partial charge in [0.05, 0.1) is 18.4 Å². The van der Waals surface area contributed by atoms with Gasteiger partial charge in [-0.3, -0.25) is 0 Å². The molecule has 18 heavy (non-hydrogen) atoms. The Morgan fingerprint density at radius 3 is 2.94 bits per heavy atom. The van der Waals surface area contributed by atoms with Crippen LogP contribution in [0, 0.1) is 0 Å². The predicted molar refractivity (Wildman–Crippen MR) is 68.7 cm³/mol. The number of esters is 1. The summed E-state index contributed by atoms with van der Waals surface area (Å²) in [5.74, 6) is 0.470. The molecule has 5 heteroatoms. The summed E-state index contributed by atoms with van der Waals surface area (Å²) in [7, 11) is 1.35. The maximum absolute atomic E-state index is 11.8. The van der Waals surface area contributed by atoms with Gasteiger partial charge in [0.1, 0.15) is 5.82 Å². The minimum Gasteiger partial charge on any atom is -0.465 e.